The molecule has 2 rings (SSSR count). The quantitative estimate of drug-likeness (QED) is 0.806. The van der Waals surface area contributed by atoms with Gasteiger partial charge in [-0.1, -0.05) is 30.7 Å². The molecule has 0 fully saturated rings. The van der Waals surface area contributed by atoms with Crippen molar-refractivity contribution in [1.29, 1.82) is 0 Å². The van der Waals surface area contributed by atoms with E-state index in [9.17, 15) is 0 Å². The summed E-state index contributed by atoms with van der Waals surface area (Å²) >= 11 is 5.83. The van der Waals surface area contributed by atoms with Gasteiger partial charge in [-0.3, -0.25) is 0 Å². The number of pyridine rings is 1. The fourth-order valence-electron chi connectivity index (χ4n) is 1.64. The number of benzene rings is 1. The first-order valence-corrected chi connectivity index (χ1v) is 6.73. The fourth-order valence-corrected chi connectivity index (χ4v) is 1.81. The average molecular weight is 277 g/mol. The minimum absolute atomic E-state index is 0.494. The molecule has 0 amide bonds. The number of nitrogens with one attached hydrogen (secondary N) is 1. The van der Waals surface area contributed by atoms with Gasteiger partial charge in [-0.05, 0) is 36.2 Å². The van der Waals surface area contributed by atoms with E-state index in [0.29, 0.717) is 5.15 Å². The fraction of sp³-hybridized carbons (Fsp3) is 0.267. The maximum Gasteiger partial charge on any atom is 0.131 e. The summed E-state index contributed by atoms with van der Waals surface area (Å²) in [6.45, 7) is 3.60. The lowest BCUT2D eigenvalue weighted by Gasteiger charge is -2.08. The summed E-state index contributed by atoms with van der Waals surface area (Å²) in [5.41, 5.74) is 2.16. The minimum Gasteiger partial charge on any atom is -0.494 e. The van der Waals surface area contributed by atoms with Gasteiger partial charge in [-0.2, -0.15) is 0 Å². The Morgan fingerprint density at radius 1 is 1.21 bits per heavy atom. The van der Waals surface area contributed by atoms with E-state index in [1.807, 2.05) is 18.2 Å². The monoisotopic (exact) mass is 276 g/mol. The smallest absolute Gasteiger partial charge is 0.131 e. The predicted molar refractivity (Wildman–Crippen MR) is 78.8 cm³/mol. The number of anilines is 1. The van der Waals surface area contributed by atoms with E-state index in [4.69, 9.17) is 16.3 Å². The molecule has 1 aromatic carbocycles. The lowest BCUT2D eigenvalue weighted by molar-refractivity contribution is 0.317. The highest BCUT2D eigenvalue weighted by Gasteiger charge is 1.97. The third kappa shape index (κ3) is 4.45. The minimum atomic E-state index is 0.494. The maximum absolute atomic E-state index is 5.83. The Labute approximate surface area is 118 Å². The van der Waals surface area contributed by atoms with Crippen molar-refractivity contribution >= 4 is 17.3 Å². The molecule has 0 radical (unpaired) electrons. The Morgan fingerprint density at radius 2 is 2.00 bits per heavy atom. The van der Waals surface area contributed by atoms with Crippen LogP contribution in [0, 0.1) is 0 Å². The molecule has 0 spiro atoms. The Balaban J connectivity index is 1.89. The molecule has 0 bridgehead atoms. The van der Waals surface area contributed by atoms with Gasteiger partial charge in [0, 0.05) is 18.4 Å². The number of nitrogens with zero attached hydrogens (tertiary/aromatic N) is 1. The average Bonchev–Trinajstić information content (AvgIpc) is 2.44. The van der Waals surface area contributed by atoms with E-state index in [0.717, 1.165) is 31.0 Å². The first-order valence-electron chi connectivity index (χ1n) is 6.35. The normalized spacial score (nSPS) is 10.2. The van der Waals surface area contributed by atoms with Crippen molar-refractivity contribution in [2.45, 2.75) is 19.9 Å². The number of hydrogen-bond acceptors (Lipinski definition) is 3. The molecule has 0 aliphatic heterocycles. The number of halogens is 1. The highest BCUT2D eigenvalue weighted by molar-refractivity contribution is 6.29. The Morgan fingerprint density at radius 3 is 2.68 bits per heavy atom. The Hall–Kier alpha value is -1.74. The van der Waals surface area contributed by atoms with Crippen LogP contribution in [0.1, 0.15) is 18.9 Å². The molecule has 2 aromatic rings. The van der Waals surface area contributed by atoms with Crippen LogP contribution in [-0.2, 0) is 6.54 Å². The SMILES string of the molecule is CCCOc1ccc(CNc2ccnc(Cl)c2)cc1. The van der Waals surface area contributed by atoms with Gasteiger partial charge in [0.1, 0.15) is 10.9 Å². The molecular formula is C15H17ClN2O. The van der Waals surface area contributed by atoms with Crippen molar-refractivity contribution in [2.75, 3.05) is 11.9 Å². The molecule has 0 atom stereocenters. The largest absolute Gasteiger partial charge is 0.494 e. The summed E-state index contributed by atoms with van der Waals surface area (Å²) < 4.78 is 5.54. The van der Waals surface area contributed by atoms with E-state index in [2.05, 4.69) is 29.4 Å². The van der Waals surface area contributed by atoms with E-state index in [-0.39, 0.29) is 0 Å². The van der Waals surface area contributed by atoms with E-state index < -0.39 is 0 Å². The second kappa shape index (κ2) is 7.00. The summed E-state index contributed by atoms with van der Waals surface area (Å²) in [6.07, 6.45) is 2.71. The van der Waals surface area contributed by atoms with Gasteiger partial charge in [-0.25, -0.2) is 4.98 Å². The molecule has 19 heavy (non-hydrogen) atoms. The molecule has 0 aliphatic carbocycles. The van der Waals surface area contributed by atoms with Gasteiger partial charge in [0.05, 0.1) is 6.61 Å². The summed E-state index contributed by atoms with van der Waals surface area (Å²) in [6, 6.07) is 11.8. The van der Waals surface area contributed by atoms with Crippen molar-refractivity contribution in [1.82, 2.24) is 4.98 Å². The molecule has 3 nitrogen and oxygen atoms in total. The molecule has 0 unspecified atom stereocenters. The van der Waals surface area contributed by atoms with Crippen molar-refractivity contribution in [3.63, 3.8) is 0 Å². The van der Waals surface area contributed by atoms with Crippen LogP contribution in [0.2, 0.25) is 5.15 Å². The van der Waals surface area contributed by atoms with Crippen LogP contribution in [0.15, 0.2) is 42.6 Å². The van der Waals surface area contributed by atoms with Gasteiger partial charge >= 0.3 is 0 Å². The molecule has 1 N–H and O–H groups in total. The van der Waals surface area contributed by atoms with Crippen LogP contribution in [0.5, 0.6) is 5.75 Å². The lowest BCUT2D eigenvalue weighted by Crippen LogP contribution is -2.00. The van der Waals surface area contributed by atoms with Crippen molar-refractivity contribution in [2.24, 2.45) is 0 Å². The number of aromatic nitrogens is 1. The summed E-state index contributed by atoms with van der Waals surface area (Å²) in [5.74, 6) is 0.914. The van der Waals surface area contributed by atoms with Gasteiger partial charge in [0.15, 0.2) is 0 Å². The molecule has 1 aromatic heterocycles. The number of hydrogen-bond donors (Lipinski definition) is 1. The third-order valence-electron chi connectivity index (χ3n) is 2.62. The van der Waals surface area contributed by atoms with Crippen LogP contribution in [-0.4, -0.2) is 11.6 Å². The molecule has 1 heterocycles. The van der Waals surface area contributed by atoms with Crippen LogP contribution in [0.3, 0.4) is 0 Å². The topological polar surface area (TPSA) is 34.1 Å². The number of ether oxygens (including phenoxy) is 1. The van der Waals surface area contributed by atoms with Gasteiger partial charge in [-0.15, -0.1) is 0 Å². The molecule has 0 saturated heterocycles. The molecule has 0 saturated carbocycles. The van der Waals surface area contributed by atoms with E-state index in [1.165, 1.54) is 5.56 Å². The van der Waals surface area contributed by atoms with Gasteiger partial charge in [0.25, 0.3) is 0 Å². The third-order valence-corrected chi connectivity index (χ3v) is 2.83. The van der Waals surface area contributed by atoms with Crippen LogP contribution >= 0.6 is 11.6 Å². The molecular weight excluding hydrogens is 260 g/mol. The van der Waals surface area contributed by atoms with Gasteiger partial charge in [0.2, 0.25) is 0 Å². The Bertz CT molecular complexity index is 514. The van der Waals surface area contributed by atoms with E-state index >= 15 is 0 Å². The van der Waals surface area contributed by atoms with Crippen molar-refractivity contribution in [3.05, 3.63) is 53.3 Å². The molecule has 100 valence electrons. The predicted octanol–water partition coefficient (Wildman–Crippen LogP) is 4.14. The highest BCUT2D eigenvalue weighted by Crippen LogP contribution is 2.15. The lowest BCUT2D eigenvalue weighted by atomic mass is 10.2. The maximum atomic E-state index is 5.83. The second-order valence-corrected chi connectivity index (χ2v) is 4.60. The zero-order valence-electron chi connectivity index (χ0n) is 10.9. The van der Waals surface area contributed by atoms with Crippen molar-refractivity contribution < 1.29 is 4.74 Å². The van der Waals surface area contributed by atoms with Crippen molar-refractivity contribution in [3.8, 4) is 5.75 Å². The zero-order valence-corrected chi connectivity index (χ0v) is 11.7. The van der Waals surface area contributed by atoms with Crippen LogP contribution < -0.4 is 10.1 Å². The summed E-state index contributed by atoms with van der Waals surface area (Å²) in [4.78, 5) is 3.94. The van der Waals surface area contributed by atoms with Gasteiger partial charge < -0.3 is 10.1 Å². The summed E-state index contributed by atoms with van der Waals surface area (Å²) in [7, 11) is 0. The standard InChI is InChI=1S/C15H17ClN2O/c1-2-9-19-14-5-3-12(4-6-14)11-18-13-7-8-17-15(16)10-13/h3-8,10H,2,9,11H2,1H3,(H,17,18). The zero-order chi connectivity index (χ0) is 13.5. The molecule has 4 heteroatoms. The Kier molecular flexibility index (Phi) is 5.04. The van der Waals surface area contributed by atoms with E-state index in [1.54, 1.807) is 12.3 Å². The summed E-state index contributed by atoms with van der Waals surface area (Å²) in [5, 5.41) is 3.79. The first-order chi connectivity index (χ1) is 9.28. The second-order valence-electron chi connectivity index (χ2n) is 4.21. The van der Waals surface area contributed by atoms with Crippen LogP contribution in [0.4, 0.5) is 5.69 Å². The molecule has 0 aliphatic rings. The highest BCUT2D eigenvalue weighted by atomic mass is 35.5. The van der Waals surface area contributed by atoms with Crippen LogP contribution in [0.25, 0.3) is 0 Å². The number of rotatable bonds is 6. The first kappa shape index (κ1) is 13.7.